The van der Waals surface area contributed by atoms with Gasteiger partial charge in [0.25, 0.3) is 5.91 Å². The van der Waals surface area contributed by atoms with Gasteiger partial charge in [0.2, 0.25) is 11.8 Å². The van der Waals surface area contributed by atoms with Gasteiger partial charge in [-0.05, 0) is 61.4 Å². The van der Waals surface area contributed by atoms with Crippen molar-refractivity contribution in [2.24, 2.45) is 5.92 Å². The summed E-state index contributed by atoms with van der Waals surface area (Å²) in [6.45, 7) is 1.94. The van der Waals surface area contributed by atoms with Crippen LogP contribution in [0, 0.1) is 5.92 Å². The van der Waals surface area contributed by atoms with Crippen LogP contribution in [0.5, 0.6) is 0 Å². The molecule has 2 aliphatic rings. The van der Waals surface area contributed by atoms with E-state index >= 15 is 0 Å². The lowest BCUT2D eigenvalue weighted by Crippen LogP contribution is -2.28. The molecule has 2 aromatic carbocycles. The fraction of sp³-hybridized carbons (Fsp3) is 0.318. The van der Waals surface area contributed by atoms with Gasteiger partial charge in [0.15, 0.2) is 0 Å². The standard InChI is InChI=1S/C22H22ClN3O3/c23-17-5-9-19(10-6-17)26-14-16(13-20(26)27)21(28)24-18-7-3-15(4-8-18)22(29)25-11-1-2-12-25/h3-10,16H,1-2,11-14H2,(H,24,28). The first-order valence-corrected chi connectivity index (χ1v) is 10.2. The molecule has 2 aromatic rings. The lowest BCUT2D eigenvalue weighted by atomic mass is 10.1. The van der Waals surface area contributed by atoms with Gasteiger partial charge in [0.1, 0.15) is 0 Å². The fourth-order valence-electron chi connectivity index (χ4n) is 3.80. The molecule has 0 aliphatic carbocycles. The van der Waals surface area contributed by atoms with Crippen LogP contribution in [0.25, 0.3) is 0 Å². The van der Waals surface area contributed by atoms with E-state index in [1.165, 1.54) is 0 Å². The molecule has 0 spiro atoms. The monoisotopic (exact) mass is 411 g/mol. The highest BCUT2D eigenvalue weighted by molar-refractivity contribution is 6.30. The number of carbonyl (C=O) groups is 3. The molecular weight excluding hydrogens is 390 g/mol. The van der Waals surface area contributed by atoms with Crippen molar-refractivity contribution in [2.45, 2.75) is 19.3 Å². The zero-order valence-corrected chi connectivity index (χ0v) is 16.7. The maximum atomic E-state index is 12.6. The summed E-state index contributed by atoms with van der Waals surface area (Å²) in [5.74, 6) is -0.683. The first-order valence-electron chi connectivity index (χ1n) is 9.77. The predicted octanol–water partition coefficient (Wildman–Crippen LogP) is 3.57. The number of amides is 3. The number of benzene rings is 2. The normalized spacial score (nSPS) is 18.9. The number of halogens is 1. The maximum Gasteiger partial charge on any atom is 0.253 e. The molecule has 2 fully saturated rings. The van der Waals surface area contributed by atoms with E-state index < -0.39 is 5.92 Å². The minimum absolute atomic E-state index is 0.0281. The van der Waals surface area contributed by atoms with Crippen molar-refractivity contribution in [1.29, 1.82) is 0 Å². The zero-order valence-electron chi connectivity index (χ0n) is 15.9. The number of nitrogens with zero attached hydrogens (tertiary/aromatic N) is 2. The summed E-state index contributed by atoms with van der Waals surface area (Å²) in [6, 6.07) is 13.9. The third kappa shape index (κ3) is 4.27. The van der Waals surface area contributed by atoms with Crippen LogP contribution in [0.15, 0.2) is 48.5 Å². The van der Waals surface area contributed by atoms with Gasteiger partial charge < -0.3 is 15.1 Å². The summed E-state index contributed by atoms with van der Waals surface area (Å²) < 4.78 is 0. The average Bonchev–Trinajstić information content (AvgIpc) is 3.39. The summed E-state index contributed by atoms with van der Waals surface area (Å²) in [4.78, 5) is 40.8. The Hall–Kier alpha value is -2.86. The number of carbonyl (C=O) groups excluding carboxylic acids is 3. The predicted molar refractivity (Wildman–Crippen MR) is 112 cm³/mol. The van der Waals surface area contributed by atoms with E-state index in [4.69, 9.17) is 11.6 Å². The van der Waals surface area contributed by atoms with Crippen molar-refractivity contribution in [2.75, 3.05) is 29.9 Å². The SMILES string of the molecule is O=C(Nc1ccc(C(=O)N2CCCC2)cc1)C1CC(=O)N(c2ccc(Cl)cc2)C1. The van der Waals surface area contributed by atoms with Crippen molar-refractivity contribution >= 4 is 40.7 Å². The molecule has 150 valence electrons. The Bertz CT molecular complexity index is 921. The van der Waals surface area contributed by atoms with Crippen LogP contribution in [0.1, 0.15) is 29.6 Å². The number of hydrogen-bond donors (Lipinski definition) is 1. The molecule has 2 saturated heterocycles. The molecule has 2 aliphatic heterocycles. The summed E-state index contributed by atoms with van der Waals surface area (Å²) in [5.41, 5.74) is 1.97. The van der Waals surface area contributed by atoms with E-state index in [0.717, 1.165) is 31.6 Å². The van der Waals surface area contributed by atoms with Gasteiger partial charge in [0.05, 0.1) is 5.92 Å². The first kappa shape index (κ1) is 19.5. The van der Waals surface area contributed by atoms with Crippen molar-refractivity contribution in [3.8, 4) is 0 Å². The molecule has 2 heterocycles. The van der Waals surface area contributed by atoms with Crippen molar-refractivity contribution < 1.29 is 14.4 Å². The quantitative estimate of drug-likeness (QED) is 0.836. The van der Waals surface area contributed by atoms with Gasteiger partial charge in [0, 0.05) is 48.0 Å². The van der Waals surface area contributed by atoms with E-state index in [9.17, 15) is 14.4 Å². The number of hydrogen-bond acceptors (Lipinski definition) is 3. The lowest BCUT2D eigenvalue weighted by molar-refractivity contribution is -0.122. The summed E-state index contributed by atoms with van der Waals surface area (Å²) in [5, 5.41) is 3.46. The largest absolute Gasteiger partial charge is 0.339 e. The van der Waals surface area contributed by atoms with Gasteiger partial charge in [-0.3, -0.25) is 14.4 Å². The minimum Gasteiger partial charge on any atom is -0.339 e. The lowest BCUT2D eigenvalue weighted by Gasteiger charge is -2.17. The van der Waals surface area contributed by atoms with Gasteiger partial charge in [-0.15, -0.1) is 0 Å². The van der Waals surface area contributed by atoms with Gasteiger partial charge in [-0.25, -0.2) is 0 Å². The zero-order chi connectivity index (χ0) is 20.4. The molecule has 1 atom stereocenters. The molecule has 29 heavy (non-hydrogen) atoms. The smallest absolute Gasteiger partial charge is 0.253 e. The Morgan fingerprint density at radius 3 is 2.28 bits per heavy atom. The summed E-state index contributed by atoms with van der Waals surface area (Å²) in [6.07, 6.45) is 2.26. The number of anilines is 2. The number of rotatable bonds is 4. The van der Waals surface area contributed by atoms with E-state index in [-0.39, 0.29) is 24.1 Å². The van der Waals surface area contributed by atoms with Crippen LogP contribution in [-0.4, -0.2) is 42.3 Å². The van der Waals surface area contributed by atoms with E-state index in [0.29, 0.717) is 22.8 Å². The van der Waals surface area contributed by atoms with Crippen molar-refractivity contribution in [3.63, 3.8) is 0 Å². The molecule has 6 nitrogen and oxygen atoms in total. The number of likely N-dealkylation sites (tertiary alicyclic amines) is 1. The third-order valence-corrected chi connectivity index (χ3v) is 5.68. The second kappa shape index (κ2) is 8.25. The maximum absolute atomic E-state index is 12.6. The Labute approximate surface area is 174 Å². The Balaban J connectivity index is 1.37. The van der Waals surface area contributed by atoms with Crippen molar-refractivity contribution in [3.05, 3.63) is 59.1 Å². The van der Waals surface area contributed by atoms with Crippen LogP contribution in [0.3, 0.4) is 0 Å². The molecule has 4 rings (SSSR count). The van der Waals surface area contributed by atoms with Crippen LogP contribution in [0.4, 0.5) is 11.4 Å². The molecular formula is C22H22ClN3O3. The molecule has 0 saturated carbocycles. The fourth-order valence-corrected chi connectivity index (χ4v) is 3.92. The van der Waals surface area contributed by atoms with E-state index in [1.807, 2.05) is 4.90 Å². The highest BCUT2D eigenvalue weighted by Gasteiger charge is 2.35. The van der Waals surface area contributed by atoms with Crippen LogP contribution < -0.4 is 10.2 Å². The Morgan fingerprint density at radius 2 is 1.62 bits per heavy atom. The molecule has 1 N–H and O–H groups in total. The molecule has 1 unspecified atom stereocenters. The molecule has 0 bridgehead atoms. The molecule has 0 aromatic heterocycles. The van der Waals surface area contributed by atoms with Gasteiger partial charge >= 0.3 is 0 Å². The summed E-state index contributed by atoms with van der Waals surface area (Å²) >= 11 is 5.90. The average molecular weight is 412 g/mol. The second-order valence-corrected chi connectivity index (χ2v) is 7.88. The van der Waals surface area contributed by atoms with Crippen LogP contribution in [0.2, 0.25) is 5.02 Å². The van der Waals surface area contributed by atoms with E-state index in [2.05, 4.69) is 5.32 Å². The van der Waals surface area contributed by atoms with Crippen molar-refractivity contribution in [1.82, 2.24) is 4.90 Å². The molecule has 0 radical (unpaired) electrons. The first-order chi connectivity index (χ1) is 14.0. The van der Waals surface area contributed by atoms with Crippen LogP contribution >= 0.6 is 11.6 Å². The Morgan fingerprint density at radius 1 is 0.966 bits per heavy atom. The van der Waals surface area contributed by atoms with Gasteiger partial charge in [-0.1, -0.05) is 11.6 Å². The van der Waals surface area contributed by atoms with Crippen LogP contribution in [-0.2, 0) is 9.59 Å². The number of nitrogens with one attached hydrogen (secondary N) is 1. The topological polar surface area (TPSA) is 69.7 Å². The minimum atomic E-state index is -0.427. The molecule has 3 amide bonds. The highest BCUT2D eigenvalue weighted by Crippen LogP contribution is 2.27. The second-order valence-electron chi connectivity index (χ2n) is 7.45. The molecule has 7 heteroatoms. The third-order valence-electron chi connectivity index (χ3n) is 5.43. The van der Waals surface area contributed by atoms with Gasteiger partial charge in [-0.2, -0.15) is 0 Å². The van der Waals surface area contributed by atoms with E-state index in [1.54, 1.807) is 53.4 Å². The Kier molecular flexibility index (Phi) is 5.53. The highest BCUT2D eigenvalue weighted by atomic mass is 35.5. The summed E-state index contributed by atoms with van der Waals surface area (Å²) in [7, 11) is 0.